The van der Waals surface area contributed by atoms with Gasteiger partial charge in [0, 0.05) is 13.1 Å². The molecule has 1 heterocycles. The number of nitrogens with zero attached hydrogens (tertiary/aromatic N) is 1. The van der Waals surface area contributed by atoms with E-state index in [4.69, 9.17) is 9.79 Å². The van der Waals surface area contributed by atoms with Crippen LogP contribution in [0.3, 0.4) is 0 Å². The first kappa shape index (κ1) is 10.4. The summed E-state index contributed by atoms with van der Waals surface area (Å²) >= 11 is 0. The molecule has 0 atom stereocenters. The standard InChI is InChI=1S/C7H9N2O5P/c10-6-4-5(7(6)11)9(15(12,13)14)3-1-2-8-4/h8H,1-3H2,(H2,12,13,14). The van der Waals surface area contributed by atoms with Crippen molar-refractivity contribution in [1.29, 1.82) is 0 Å². The molecule has 7 nitrogen and oxygen atoms in total. The van der Waals surface area contributed by atoms with E-state index in [0.717, 1.165) is 0 Å². The lowest BCUT2D eigenvalue weighted by atomic mass is 10.2. The topological polar surface area (TPSA) is 107 Å². The molecule has 15 heavy (non-hydrogen) atoms. The van der Waals surface area contributed by atoms with Crippen LogP contribution in [0.2, 0.25) is 0 Å². The van der Waals surface area contributed by atoms with Crippen LogP contribution in [0.1, 0.15) is 6.42 Å². The summed E-state index contributed by atoms with van der Waals surface area (Å²) in [5.41, 5.74) is -1.68. The number of hydrogen-bond acceptors (Lipinski definition) is 4. The number of fused-ring (bicyclic) bond motifs is 1. The SMILES string of the molecule is O=c1c2c(c1=O)N(P(=O)(O)O)CCCN2. The number of hydrogen-bond donors (Lipinski definition) is 3. The third-order valence-corrected chi connectivity index (χ3v) is 3.34. The van der Waals surface area contributed by atoms with E-state index in [2.05, 4.69) is 5.32 Å². The van der Waals surface area contributed by atoms with Gasteiger partial charge in [-0.1, -0.05) is 0 Å². The van der Waals surface area contributed by atoms with Gasteiger partial charge in [0.15, 0.2) is 0 Å². The van der Waals surface area contributed by atoms with E-state index in [1.54, 1.807) is 0 Å². The van der Waals surface area contributed by atoms with Gasteiger partial charge in [-0.15, -0.1) is 0 Å². The first-order chi connectivity index (χ1) is 6.93. The van der Waals surface area contributed by atoms with Crippen molar-refractivity contribution in [3.05, 3.63) is 20.4 Å². The van der Waals surface area contributed by atoms with Gasteiger partial charge in [-0.25, -0.2) is 4.57 Å². The summed E-state index contributed by atoms with van der Waals surface area (Å²) in [6.07, 6.45) is 0.457. The molecule has 1 aromatic rings. The van der Waals surface area contributed by atoms with E-state index in [9.17, 15) is 14.2 Å². The monoisotopic (exact) mass is 232 g/mol. The third-order valence-electron chi connectivity index (χ3n) is 2.31. The predicted molar refractivity (Wildman–Crippen MR) is 53.9 cm³/mol. The first-order valence-corrected chi connectivity index (χ1v) is 5.90. The Bertz CT molecular complexity index is 512. The molecule has 82 valence electrons. The van der Waals surface area contributed by atoms with Gasteiger partial charge in [0.2, 0.25) is 0 Å². The Morgan fingerprint density at radius 2 is 1.93 bits per heavy atom. The Morgan fingerprint density at radius 3 is 2.53 bits per heavy atom. The van der Waals surface area contributed by atoms with Crippen LogP contribution >= 0.6 is 7.75 Å². The van der Waals surface area contributed by atoms with Gasteiger partial charge in [0.1, 0.15) is 11.4 Å². The van der Waals surface area contributed by atoms with Gasteiger partial charge in [-0.05, 0) is 6.42 Å². The maximum Gasteiger partial charge on any atom is 0.430 e. The Balaban J connectivity index is 2.53. The Labute approximate surface area is 84.2 Å². The van der Waals surface area contributed by atoms with E-state index in [1.165, 1.54) is 0 Å². The van der Waals surface area contributed by atoms with Crippen LogP contribution in [0.4, 0.5) is 11.4 Å². The van der Waals surface area contributed by atoms with Gasteiger partial charge in [-0.3, -0.25) is 14.3 Å². The fourth-order valence-corrected chi connectivity index (χ4v) is 2.46. The highest BCUT2D eigenvalue weighted by atomic mass is 31.2. The van der Waals surface area contributed by atoms with Gasteiger partial charge in [0.05, 0.1) is 0 Å². The van der Waals surface area contributed by atoms with Crippen LogP contribution in [-0.4, -0.2) is 22.9 Å². The number of rotatable bonds is 1. The molecule has 0 saturated carbocycles. The third kappa shape index (κ3) is 1.49. The van der Waals surface area contributed by atoms with Crippen molar-refractivity contribution in [3.8, 4) is 0 Å². The molecule has 0 saturated heterocycles. The fourth-order valence-electron chi connectivity index (χ4n) is 1.60. The average Bonchev–Trinajstić information content (AvgIpc) is 2.35. The van der Waals surface area contributed by atoms with E-state index in [0.29, 0.717) is 17.6 Å². The van der Waals surface area contributed by atoms with E-state index < -0.39 is 18.6 Å². The second-order valence-corrected chi connectivity index (χ2v) is 4.81. The molecule has 0 fully saturated rings. The molecule has 3 N–H and O–H groups in total. The minimum absolute atomic E-state index is 0.0285. The van der Waals surface area contributed by atoms with E-state index in [-0.39, 0.29) is 17.9 Å². The molecular formula is C7H9N2O5P. The molecule has 0 bridgehead atoms. The van der Waals surface area contributed by atoms with Crippen molar-refractivity contribution in [2.45, 2.75) is 6.42 Å². The lowest BCUT2D eigenvalue weighted by Gasteiger charge is -2.24. The molecule has 0 amide bonds. The summed E-state index contributed by atoms with van der Waals surface area (Å²) in [6.45, 7) is 0.490. The van der Waals surface area contributed by atoms with Crippen LogP contribution in [-0.2, 0) is 4.57 Å². The van der Waals surface area contributed by atoms with Crippen molar-refractivity contribution in [2.75, 3.05) is 23.1 Å². The second kappa shape index (κ2) is 3.16. The molecule has 1 aliphatic heterocycles. The highest BCUT2D eigenvalue weighted by Crippen LogP contribution is 2.45. The van der Waals surface area contributed by atoms with Crippen LogP contribution in [0, 0.1) is 0 Å². The maximum absolute atomic E-state index is 11.2. The molecule has 0 aliphatic carbocycles. The normalized spacial score (nSPS) is 17.1. The summed E-state index contributed by atoms with van der Waals surface area (Å²) < 4.78 is 11.8. The molecule has 0 spiro atoms. The zero-order chi connectivity index (χ0) is 11.2. The summed E-state index contributed by atoms with van der Waals surface area (Å²) in [7, 11) is -4.51. The molecule has 1 aliphatic rings. The quantitative estimate of drug-likeness (QED) is 0.421. The highest BCUT2D eigenvalue weighted by Gasteiger charge is 2.36. The fraction of sp³-hybridized carbons (Fsp3) is 0.429. The Kier molecular flexibility index (Phi) is 2.18. The highest BCUT2D eigenvalue weighted by molar-refractivity contribution is 7.53. The summed E-state index contributed by atoms with van der Waals surface area (Å²) in [6, 6.07) is 0. The van der Waals surface area contributed by atoms with Gasteiger partial charge in [-0.2, -0.15) is 0 Å². The van der Waals surface area contributed by atoms with Crippen LogP contribution < -0.4 is 20.8 Å². The van der Waals surface area contributed by atoms with Gasteiger partial charge in [0.25, 0.3) is 10.9 Å². The molecule has 2 rings (SSSR count). The molecule has 0 radical (unpaired) electrons. The molecule has 0 unspecified atom stereocenters. The van der Waals surface area contributed by atoms with Crippen molar-refractivity contribution in [3.63, 3.8) is 0 Å². The summed E-state index contributed by atoms with van der Waals surface area (Å²) in [4.78, 5) is 40.3. The van der Waals surface area contributed by atoms with Crippen LogP contribution in [0.25, 0.3) is 0 Å². The first-order valence-electron chi connectivity index (χ1n) is 4.33. The van der Waals surface area contributed by atoms with Crippen molar-refractivity contribution >= 4 is 19.1 Å². The maximum atomic E-state index is 11.2. The van der Waals surface area contributed by atoms with Gasteiger partial charge < -0.3 is 15.1 Å². The summed E-state index contributed by atoms with van der Waals surface area (Å²) in [5.74, 6) is 0. The molecular weight excluding hydrogens is 223 g/mol. The van der Waals surface area contributed by atoms with Crippen molar-refractivity contribution in [1.82, 2.24) is 0 Å². The molecule has 1 aromatic carbocycles. The predicted octanol–water partition coefficient (Wildman–Crippen LogP) is -1.00. The zero-order valence-corrected chi connectivity index (χ0v) is 8.53. The van der Waals surface area contributed by atoms with Crippen LogP contribution in [0.5, 0.6) is 0 Å². The van der Waals surface area contributed by atoms with Gasteiger partial charge >= 0.3 is 7.75 Å². The Morgan fingerprint density at radius 1 is 1.27 bits per heavy atom. The van der Waals surface area contributed by atoms with Crippen molar-refractivity contribution < 1.29 is 14.4 Å². The van der Waals surface area contributed by atoms with Crippen molar-refractivity contribution in [2.24, 2.45) is 0 Å². The smallest absolute Gasteiger partial charge is 0.380 e. The second-order valence-electron chi connectivity index (χ2n) is 3.30. The minimum Gasteiger partial charge on any atom is -0.380 e. The minimum atomic E-state index is -4.51. The lowest BCUT2D eigenvalue weighted by Crippen LogP contribution is -2.39. The lowest BCUT2D eigenvalue weighted by molar-refractivity contribution is 0.368. The number of anilines is 2. The molecule has 0 aromatic heterocycles. The average molecular weight is 232 g/mol. The van der Waals surface area contributed by atoms with E-state index in [1.807, 2.05) is 0 Å². The molecule has 8 heteroatoms. The zero-order valence-electron chi connectivity index (χ0n) is 7.63. The van der Waals surface area contributed by atoms with Crippen LogP contribution in [0.15, 0.2) is 9.59 Å². The van der Waals surface area contributed by atoms with E-state index >= 15 is 0 Å². The summed E-state index contributed by atoms with van der Waals surface area (Å²) in [5, 5.41) is 2.69. The largest absolute Gasteiger partial charge is 0.430 e. The number of nitrogens with one attached hydrogen (secondary N) is 1. The Hall–Kier alpha value is -1.17.